The number of hydrogen-bond acceptors (Lipinski definition) is 2. The molecule has 0 unspecified atom stereocenters. The van der Waals surface area contributed by atoms with E-state index in [0.29, 0.717) is 5.15 Å². The summed E-state index contributed by atoms with van der Waals surface area (Å²) in [6, 6.07) is 3.57. The van der Waals surface area contributed by atoms with Crippen molar-refractivity contribution in [1.82, 2.24) is 4.98 Å². The molecule has 0 saturated carbocycles. The van der Waals surface area contributed by atoms with Gasteiger partial charge in [-0.1, -0.05) is 17.7 Å². The molecule has 0 spiro atoms. The summed E-state index contributed by atoms with van der Waals surface area (Å²) in [4.78, 5) is 14.4. The molecule has 0 fully saturated rings. The molecule has 0 aliphatic rings. The molecule has 0 amide bonds. The summed E-state index contributed by atoms with van der Waals surface area (Å²) >= 11 is 5.73. The molecule has 0 aromatic carbocycles. The van der Waals surface area contributed by atoms with Gasteiger partial charge in [0.05, 0.1) is 0 Å². The van der Waals surface area contributed by atoms with Gasteiger partial charge in [0.1, 0.15) is 5.15 Å². The zero-order valence-corrected chi connectivity index (χ0v) is 7.38. The van der Waals surface area contributed by atoms with Crippen molar-refractivity contribution in [3.8, 4) is 0 Å². The Morgan fingerprint density at radius 2 is 2.42 bits per heavy atom. The van der Waals surface area contributed by atoms with Gasteiger partial charge in [-0.15, -0.1) is 0 Å². The maximum absolute atomic E-state index is 10.6. The van der Waals surface area contributed by atoms with Gasteiger partial charge in [-0.2, -0.15) is 0 Å². The van der Waals surface area contributed by atoms with Crippen LogP contribution in [0.2, 0.25) is 5.15 Å². The van der Waals surface area contributed by atoms with E-state index in [-0.39, 0.29) is 5.78 Å². The first-order valence-corrected chi connectivity index (χ1v) is 3.87. The van der Waals surface area contributed by atoms with E-state index in [1.54, 1.807) is 24.4 Å². The summed E-state index contributed by atoms with van der Waals surface area (Å²) in [6.45, 7) is 1.49. The molecule has 1 rings (SSSR count). The van der Waals surface area contributed by atoms with Gasteiger partial charge < -0.3 is 0 Å². The highest BCUT2D eigenvalue weighted by atomic mass is 35.5. The highest BCUT2D eigenvalue weighted by Crippen LogP contribution is 2.12. The Morgan fingerprint density at radius 3 is 3.00 bits per heavy atom. The van der Waals surface area contributed by atoms with Crippen LogP contribution in [0.1, 0.15) is 12.5 Å². The van der Waals surface area contributed by atoms with Gasteiger partial charge in [0, 0.05) is 11.8 Å². The number of carbonyl (C=O) groups excluding carboxylic acids is 1. The summed E-state index contributed by atoms with van der Waals surface area (Å²) in [5, 5.41) is 0.412. The largest absolute Gasteiger partial charge is 0.295 e. The van der Waals surface area contributed by atoms with Crippen LogP contribution in [-0.4, -0.2) is 10.8 Å². The molecule has 1 aromatic heterocycles. The molecule has 0 saturated heterocycles. The van der Waals surface area contributed by atoms with E-state index in [2.05, 4.69) is 4.98 Å². The second-order valence-corrected chi connectivity index (χ2v) is 2.69. The van der Waals surface area contributed by atoms with Gasteiger partial charge >= 0.3 is 0 Å². The average Bonchev–Trinajstić information content (AvgIpc) is 2.03. The van der Waals surface area contributed by atoms with E-state index in [1.165, 1.54) is 13.0 Å². The molecule has 0 aliphatic carbocycles. The van der Waals surface area contributed by atoms with E-state index >= 15 is 0 Å². The number of pyridine rings is 1. The zero-order valence-electron chi connectivity index (χ0n) is 6.62. The molecule has 62 valence electrons. The molecular formula is C9H8ClNO. The van der Waals surface area contributed by atoms with Crippen LogP contribution >= 0.6 is 11.6 Å². The standard InChI is InChI=1S/C9H8ClNO/c1-7(12)4-5-8-3-2-6-11-9(8)10/h2-6H,1H3/b5-4+. The fraction of sp³-hybridized carbons (Fsp3) is 0.111. The van der Waals surface area contributed by atoms with E-state index < -0.39 is 0 Å². The number of rotatable bonds is 2. The van der Waals surface area contributed by atoms with Gasteiger partial charge in [0.2, 0.25) is 0 Å². The van der Waals surface area contributed by atoms with Gasteiger partial charge in [-0.25, -0.2) is 4.98 Å². The number of allylic oxidation sites excluding steroid dienone is 1. The van der Waals surface area contributed by atoms with Crippen LogP contribution < -0.4 is 0 Å². The molecule has 3 heteroatoms. The molecule has 0 N–H and O–H groups in total. The monoisotopic (exact) mass is 181 g/mol. The molecule has 1 aromatic rings. The van der Waals surface area contributed by atoms with Crippen molar-refractivity contribution in [3.63, 3.8) is 0 Å². The Morgan fingerprint density at radius 1 is 1.67 bits per heavy atom. The van der Waals surface area contributed by atoms with Crippen molar-refractivity contribution in [2.24, 2.45) is 0 Å². The van der Waals surface area contributed by atoms with Crippen molar-refractivity contribution in [3.05, 3.63) is 35.1 Å². The summed E-state index contributed by atoms with van der Waals surface area (Å²) in [7, 11) is 0. The number of hydrogen-bond donors (Lipinski definition) is 0. The van der Waals surface area contributed by atoms with Crippen molar-refractivity contribution >= 4 is 23.5 Å². The SMILES string of the molecule is CC(=O)/C=C/c1cccnc1Cl. The fourth-order valence-electron chi connectivity index (χ4n) is 0.730. The predicted molar refractivity (Wildman–Crippen MR) is 49.0 cm³/mol. The fourth-order valence-corrected chi connectivity index (χ4v) is 0.912. The Bertz CT molecular complexity index is 320. The van der Waals surface area contributed by atoms with Crippen LogP contribution in [0.15, 0.2) is 24.4 Å². The van der Waals surface area contributed by atoms with E-state index in [4.69, 9.17) is 11.6 Å². The third-order valence-electron chi connectivity index (χ3n) is 1.29. The maximum Gasteiger partial charge on any atom is 0.152 e. The number of halogens is 1. The molecule has 2 nitrogen and oxygen atoms in total. The van der Waals surface area contributed by atoms with Crippen molar-refractivity contribution in [1.29, 1.82) is 0 Å². The minimum absolute atomic E-state index is 0.00470. The smallest absolute Gasteiger partial charge is 0.152 e. The Hall–Kier alpha value is -1.15. The second kappa shape index (κ2) is 4.02. The molecule has 1 heterocycles. The topological polar surface area (TPSA) is 30.0 Å². The molecule has 12 heavy (non-hydrogen) atoms. The maximum atomic E-state index is 10.6. The van der Waals surface area contributed by atoms with Gasteiger partial charge in [0.15, 0.2) is 5.78 Å². The Balaban J connectivity index is 2.89. The van der Waals surface area contributed by atoms with Gasteiger partial charge in [-0.05, 0) is 25.1 Å². The van der Waals surface area contributed by atoms with E-state index in [1.807, 2.05) is 0 Å². The minimum Gasteiger partial charge on any atom is -0.295 e. The lowest BCUT2D eigenvalue weighted by atomic mass is 10.2. The van der Waals surface area contributed by atoms with Gasteiger partial charge in [0.25, 0.3) is 0 Å². The van der Waals surface area contributed by atoms with Crippen LogP contribution in [0.4, 0.5) is 0 Å². The summed E-state index contributed by atoms with van der Waals surface area (Å²) in [6.07, 6.45) is 4.72. The van der Waals surface area contributed by atoms with E-state index in [9.17, 15) is 4.79 Å². The molecule has 0 bridgehead atoms. The lowest BCUT2D eigenvalue weighted by molar-refractivity contribution is -0.112. The van der Waals surface area contributed by atoms with E-state index in [0.717, 1.165) is 5.56 Å². The summed E-state index contributed by atoms with van der Waals surface area (Å²) < 4.78 is 0. The number of nitrogens with zero attached hydrogens (tertiary/aromatic N) is 1. The normalized spacial score (nSPS) is 10.5. The number of aromatic nitrogens is 1. The number of ketones is 1. The van der Waals surface area contributed by atoms with Crippen LogP contribution in [0.3, 0.4) is 0 Å². The number of carbonyl (C=O) groups is 1. The molecular weight excluding hydrogens is 174 g/mol. The Labute approximate surface area is 75.9 Å². The minimum atomic E-state index is -0.00470. The van der Waals surface area contributed by atoms with Crippen LogP contribution in [0, 0.1) is 0 Å². The second-order valence-electron chi connectivity index (χ2n) is 2.33. The summed E-state index contributed by atoms with van der Waals surface area (Å²) in [5.74, 6) is -0.00470. The lowest BCUT2D eigenvalue weighted by Gasteiger charge is -1.93. The molecule has 0 atom stereocenters. The first-order valence-electron chi connectivity index (χ1n) is 3.49. The molecule has 0 radical (unpaired) electrons. The third kappa shape index (κ3) is 2.47. The quantitative estimate of drug-likeness (QED) is 0.518. The van der Waals surface area contributed by atoms with Crippen LogP contribution in [-0.2, 0) is 4.79 Å². The third-order valence-corrected chi connectivity index (χ3v) is 1.60. The van der Waals surface area contributed by atoms with Crippen molar-refractivity contribution < 1.29 is 4.79 Å². The first kappa shape index (κ1) is 8.94. The Kier molecular flexibility index (Phi) is 3.00. The highest BCUT2D eigenvalue weighted by molar-refractivity contribution is 6.30. The molecule has 0 aliphatic heterocycles. The first-order chi connectivity index (χ1) is 5.70. The lowest BCUT2D eigenvalue weighted by Crippen LogP contribution is -1.82. The summed E-state index contributed by atoms with van der Waals surface area (Å²) in [5.41, 5.74) is 0.759. The highest BCUT2D eigenvalue weighted by Gasteiger charge is 1.94. The van der Waals surface area contributed by atoms with Crippen LogP contribution in [0.25, 0.3) is 6.08 Å². The average molecular weight is 182 g/mol. The van der Waals surface area contributed by atoms with Gasteiger partial charge in [-0.3, -0.25) is 4.79 Å². The zero-order chi connectivity index (χ0) is 8.97. The predicted octanol–water partition coefficient (Wildman–Crippen LogP) is 2.34. The van der Waals surface area contributed by atoms with Crippen LogP contribution in [0.5, 0.6) is 0 Å². The van der Waals surface area contributed by atoms with Crippen molar-refractivity contribution in [2.75, 3.05) is 0 Å². The van der Waals surface area contributed by atoms with Crippen molar-refractivity contribution in [2.45, 2.75) is 6.92 Å².